The van der Waals surface area contributed by atoms with Gasteiger partial charge in [-0.15, -0.1) is 0 Å². The van der Waals surface area contributed by atoms with Crippen LogP contribution in [0.15, 0.2) is 24.3 Å². The number of rotatable bonds is 9. The molecule has 0 radical (unpaired) electrons. The largest absolute Gasteiger partial charge is 0.381 e. The van der Waals surface area contributed by atoms with Gasteiger partial charge >= 0.3 is 6.03 Å². The van der Waals surface area contributed by atoms with Gasteiger partial charge in [0.1, 0.15) is 0 Å². The molecule has 0 aliphatic heterocycles. The van der Waals surface area contributed by atoms with Gasteiger partial charge < -0.3 is 15.4 Å². The van der Waals surface area contributed by atoms with Gasteiger partial charge in [-0.3, -0.25) is 0 Å². The lowest BCUT2D eigenvalue weighted by molar-refractivity contribution is 0.129. The minimum atomic E-state index is -0.126. The zero-order chi connectivity index (χ0) is 14.6. The number of carbonyl (C=O) groups excluding carboxylic acids is 1. The minimum absolute atomic E-state index is 0.126. The number of aryl methyl sites for hydroxylation is 1. The van der Waals surface area contributed by atoms with Crippen LogP contribution in [0.3, 0.4) is 0 Å². The van der Waals surface area contributed by atoms with Gasteiger partial charge in [-0.1, -0.05) is 43.2 Å². The van der Waals surface area contributed by atoms with E-state index >= 15 is 0 Å². The molecule has 0 spiro atoms. The molecular weight excluding hydrogens is 252 g/mol. The van der Waals surface area contributed by atoms with Crippen LogP contribution in [0.2, 0.25) is 0 Å². The lowest BCUT2D eigenvalue weighted by Gasteiger charge is -2.08. The van der Waals surface area contributed by atoms with E-state index in [-0.39, 0.29) is 6.03 Å². The number of amides is 2. The molecule has 4 nitrogen and oxygen atoms in total. The van der Waals surface area contributed by atoms with E-state index in [1.54, 1.807) is 0 Å². The molecule has 4 heteroatoms. The summed E-state index contributed by atoms with van der Waals surface area (Å²) in [5.41, 5.74) is 2.33. The van der Waals surface area contributed by atoms with Crippen LogP contribution in [0, 0.1) is 6.92 Å². The van der Waals surface area contributed by atoms with Gasteiger partial charge in [-0.2, -0.15) is 0 Å². The molecule has 1 aromatic rings. The molecule has 0 saturated carbocycles. The van der Waals surface area contributed by atoms with Gasteiger partial charge in [-0.05, 0) is 25.3 Å². The lowest BCUT2D eigenvalue weighted by Crippen LogP contribution is -2.35. The number of unbranched alkanes of at least 4 members (excludes halogenated alkanes) is 1. The van der Waals surface area contributed by atoms with Crippen molar-refractivity contribution in [3.63, 3.8) is 0 Å². The molecule has 2 N–H and O–H groups in total. The fraction of sp³-hybridized carbons (Fsp3) is 0.562. The molecule has 0 atom stereocenters. The van der Waals surface area contributed by atoms with Gasteiger partial charge in [0.05, 0.1) is 0 Å². The van der Waals surface area contributed by atoms with Crippen LogP contribution >= 0.6 is 0 Å². The molecule has 1 rings (SSSR count). The fourth-order valence-corrected chi connectivity index (χ4v) is 1.68. The second-order valence-corrected chi connectivity index (χ2v) is 4.91. The van der Waals surface area contributed by atoms with Crippen LogP contribution in [0.4, 0.5) is 4.79 Å². The highest BCUT2D eigenvalue weighted by Crippen LogP contribution is 2.02. The number of carbonyl (C=O) groups is 1. The molecule has 0 fully saturated rings. The summed E-state index contributed by atoms with van der Waals surface area (Å²) in [6, 6.07) is 8.01. The summed E-state index contributed by atoms with van der Waals surface area (Å²) in [7, 11) is 0. The van der Waals surface area contributed by atoms with Crippen molar-refractivity contribution in [1.29, 1.82) is 0 Å². The van der Waals surface area contributed by atoms with E-state index in [9.17, 15) is 4.79 Å². The second kappa shape index (κ2) is 10.3. The van der Waals surface area contributed by atoms with Crippen LogP contribution in [0.25, 0.3) is 0 Å². The third kappa shape index (κ3) is 7.79. The standard InChI is InChI=1S/C16H26N2O2/c1-3-4-11-20-12-5-10-17-16(19)18-13-15-8-6-14(2)7-9-15/h6-9H,3-5,10-13H2,1-2H3,(H2,17,18,19). The van der Waals surface area contributed by atoms with Gasteiger partial charge in [0.15, 0.2) is 0 Å². The quantitative estimate of drug-likeness (QED) is 0.682. The Balaban J connectivity index is 2.01. The van der Waals surface area contributed by atoms with Crippen molar-refractivity contribution in [2.45, 2.75) is 39.7 Å². The highest BCUT2D eigenvalue weighted by Gasteiger charge is 1.99. The second-order valence-electron chi connectivity index (χ2n) is 4.91. The third-order valence-electron chi connectivity index (χ3n) is 2.97. The molecule has 1 aromatic carbocycles. The number of benzene rings is 1. The van der Waals surface area contributed by atoms with E-state index in [1.165, 1.54) is 5.56 Å². The summed E-state index contributed by atoms with van der Waals surface area (Å²) in [6.07, 6.45) is 3.10. The average molecular weight is 278 g/mol. The maximum Gasteiger partial charge on any atom is 0.315 e. The summed E-state index contributed by atoms with van der Waals surface area (Å²) in [6.45, 7) is 6.91. The van der Waals surface area contributed by atoms with E-state index in [2.05, 4.69) is 17.6 Å². The Kier molecular flexibility index (Phi) is 8.47. The molecule has 0 aromatic heterocycles. The molecule has 112 valence electrons. The highest BCUT2D eigenvalue weighted by atomic mass is 16.5. The monoisotopic (exact) mass is 278 g/mol. The van der Waals surface area contributed by atoms with Crippen LogP contribution < -0.4 is 10.6 Å². The first-order valence-electron chi connectivity index (χ1n) is 7.37. The van der Waals surface area contributed by atoms with Crippen LogP contribution in [0.5, 0.6) is 0 Å². The number of hydrogen-bond donors (Lipinski definition) is 2. The maximum absolute atomic E-state index is 11.6. The molecule has 0 aliphatic carbocycles. The Morgan fingerprint density at radius 2 is 1.80 bits per heavy atom. The van der Waals surface area contributed by atoms with Crippen LogP contribution in [-0.2, 0) is 11.3 Å². The predicted octanol–water partition coefficient (Wildman–Crippen LogP) is 3.00. The van der Waals surface area contributed by atoms with Crippen molar-refractivity contribution < 1.29 is 9.53 Å². The van der Waals surface area contributed by atoms with Crippen molar-refractivity contribution in [2.75, 3.05) is 19.8 Å². The fourth-order valence-electron chi connectivity index (χ4n) is 1.68. The molecule has 0 bridgehead atoms. The molecule has 0 heterocycles. The topological polar surface area (TPSA) is 50.4 Å². The summed E-state index contributed by atoms with van der Waals surface area (Å²) in [5, 5.41) is 5.66. The van der Waals surface area contributed by atoms with E-state index in [4.69, 9.17) is 4.74 Å². The van der Waals surface area contributed by atoms with Crippen molar-refractivity contribution in [2.24, 2.45) is 0 Å². The van der Waals surface area contributed by atoms with E-state index in [0.717, 1.165) is 31.4 Å². The first-order valence-corrected chi connectivity index (χ1v) is 7.37. The van der Waals surface area contributed by atoms with Gasteiger partial charge in [0.25, 0.3) is 0 Å². The van der Waals surface area contributed by atoms with Crippen LogP contribution in [-0.4, -0.2) is 25.8 Å². The summed E-state index contributed by atoms with van der Waals surface area (Å²) < 4.78 is 5.42. The molecule has 0 aliphatic rings. The van der Waals surface area contributed by atoms with E-state index in [0.29, 0.717) is 19.7 Å². The maximum atomic E-state index is 11.6. The van der Waals surface area contributed by atoms with Crippen molar-refractivity contribution in [3.05, 3.63) is 35.4 Å². The van der Waals surface area contributed by atoms with E-state index < -0.39 is 0 Å². The predicted molar refractivity (Wildman–Crippen MR) is 81.8 cm³/mol. The molecule has 20 heavy (non-hydrogen) atoms. The number of urea groups is 1. The van der Waals surface area contributed by atoms with Gasteiger partial charge in [0, 0.05) is 26.3 Å². The SMILES string of the molecule is CCCCOCCCNC(=O)NCc1ccc(C)cc1. The Hall–Kier alpha value is -1.55. The Morgan fingerprint density at radius 1 is 1.10 bits per heavy atom. The Morgan fingerprint density at radius 3 is 2.50 bits per heavy atom. The highest BCUT2D eigenvalue weighted by molar-refractivity contribution is 5.73. The molecule has 2 amide bonds. The summed E-state index contributed by atoms with van der Waals surface area (Å²) in [4.78, 5) is 11.6. The summed E-state index contributed by atoms with van der Waals surface area (Å²) >= 11 is 0. The Bertz CT molecular complexity index is 377. The van der Waals surface area contributed by atoms with Crippen molar-refractivity contribution >= 4 is 6.03 Å². The first-order chi connectivity index (χ1) is 9.72. The molecule has 0 unspecified atom stereocenters. The lowest BCUT2D eigenvalue weighted by atomic mass is 10.1. The van der Waals surface area contributed by atoms with Crippen molar-refractivity contribution in [3.8, 4) is 0 Å². The zero-order valence-corrected chi connectivity index (χ0v) is 12.6. The normalized spacial score (nSPS) is 10.3. The van der Waals surface area contributed by atoms with Gasteiger partial charge in [0.2, 0.25) is 0 Å². The van der Waals surface area contributed by atoms with Crippen molar-refractivity contribution in [1.82, 2.24) is 10.6 Å². The molecular formula is C16H26N2O2. The third-order valence-corrected chi connectivity index (χ3v) is 2.97. The smallest absolute Gasteiger partial charge is 0.315 e. The number of ether oxygens (including phenoxy) is 1. The van der Waals surface area contributed by atoms with Crippen LogP contribution in [0.1, 0.15) is 37.3 Å². The summed E-state index contributed by atoms with van der Waals surface area (Å²) in [5.74, 6) is 0. The van der Waals surface area contributed by atoms with E-state index in [1.807, 2.05) is 31.2 Å². The molecule has 0 saturated heterocycles. The average Bonchev–Trinajstić information content (AvgIpc) is 2.46. The van der Waals surface area contributed by atoms with Gasteiger partial charge in [-0.25, -0.2) is 4.79 Å². The minimum Gasteiger partial charge on any atom is -0.381 e. The number of hydrogen-bond acceptors (Lipinski definition) is 2. The first kappa shape index (κ1) is 16.5. The Labute approximate surface area is 121 Å². The number of nitrogens with one attached hydrogen (secondary N) is 2. The zero-order valence-electron chi connectivity index (χ0n) is 12.6.